The lowest BCUT2D eigenvalue weighted by Gasteiger charge is -2.29. The number of carbonyl (C=O) groups is 3. The smallest absolute Gasteiger partial charge is 0.405 e. The number of aryl methyl sites for hydroxylation is 1. The van der Waals surface area contributed by atoms with Crippen LogP contribution in [0.15, 0.2) is 17.2 Å². The van der Waals surface area contributed by atoms with Gasteiger partial charge in [0.15, 0.2) is 0 Å². The summed E-state index contributed by atoms with van der Waals surface area (Å²) in [4.78, 5) is 40.1. The van der Waals surface area contributed by atoms with Crippen LogP contribution >= 0.6 is 0 Å². The number of aromatic nitrogens is 1. The van der Waals surface area contributed by atoms with Crippen LogP contribution in [0.25, 0.3) is 10.9 Å². The highest BCUT2D eigenvalue weighted by Gasteiger charge is 2.31. The predicted molar refractivity (Wildman–Crippen MR) is 113 cm³/mol. The van der Waals surface area contributed by atoms with E-state index < -0.39 is 18.0 Å². The number of carbonyl (C=O) groups excluding carboxylic acids is 2. The summed E-state index contributed by atoms with van der Waals surface area (Å²) in [5.74, 6) is -0.815. The van der Waals surface area contributed by atoms with Crippen molar-refractivity contribution in [2.24, 2.45) is 11.0 Å². The van der Waals surface area contributed by atoms with Crippen molar-refractivity contribution < 1.29 is 19.5 Å². The first kappa shape index (κ1) is 19.9. The number of nitrogens with one attached hydrogen (secondary N) is 4. The molecule has 9 heteroatoms. The van der Waals surface area contributed by atoms with E-state index in [2.05, 4.69) is 26.1 Å². The molecule has 1 saturated carbocycles. The maximum absolute atomic E-state index is 13.0. The molecule has 9 nitrogen and oxygen atoms in total. The van der Waals surface area contributed by atoms with Gasteiger partial charge in [0.1, 0.15) is 6.04 Å². The minimum Gasteiger partial charge on any atom is -0.465 e. The molecule has 1 aromatic carbocycles. The van der Waals surface area contributed by atoms with Crippen molar-refractivity contribution in [2.75, 3.05) is 5.32 Å². The number of benzene rings is 1. The molecule has 2 aromatic rings. The van der Waals surface area contributed by atoms with Gasteiger partial charge < -0.3 is 20.7 Å². The van der Waals surface area contributed by atoms with Gasteiger partial charge in [-0.2, -0.15) is 5.10 Å². The Labute approximate surface area is 173 Å². The molecule has 1 aliphatic carbocycles. The van der Waals surface area contributed by atoms with E-state index in [4.69, 9.17) is 0 Å². The number of rotatable bonds is 5. The quantitative estimate of drug-likeness (QED) is 0.517. The summed E-state index contributed by atoms with van der Waals surface area (Å²) in [5, 5.41) is 19.2. The van der Waals surface area contributed by atoms with Crippen LogP contribution in [-0.4, -0.2) is 40.3 Å². The number of H-pyrrole nitrogens is 1. The average molecular weight is 411 g/mol. The molecule has 2 heterocycles. The van der Waals surface area contributed by atoms with E-state index in [-0.39, 0.29) is 11.8 Å². The van der Waals surface area contributed by atoms with Crippen molar-refractivity contribution in [1.29, 1.82) is 0 Å². The Hall–Kier alpha value is -3.36. The normalized spacial score (nSPS) is 17.3. The molecule has 2 aliphatic rings. The van der Waals surface area contributed by atoms with Gasteiger partial charge in [-0.25, -0.2) is 10.2 Å². The number of hydrogen-bond donors (Lipinski definition) is 5. The SMILES string of the molecule is CCc1[nH]c2cc(NC(=O)[C@H](NC(=O)O)C3CCCCC3)cc3c2c1C=NNC3=O. The number of carboxylic acid groups (broad SMARTS) is 1. The Kier molecular flexibility index (Phi) is 5.43. The Bertz CT molecular complexity index is 1040. The Morgan fingerprint density at radius 2 is 2.03 bits per heavy atom. The van der Waals surface area contributed by atoms with Crippen molar-refractivity contribution in [1.82, 2.24) is 15.7 Å². The average Bonchev–Trinajstić information content (AvgIpc) is 3.00. The maximum Gasteiger partial charge on any atom is 0.405 e. The zero-order valence-corrected chi connectivity index (χ0v) is 16.7. The third kappa shape index (κ3) is 3.74. The van der Waals surface area contributed by atoms with Gasteiger partial charge in [0, 0.05) is 27.8 Å². The highest BCUT2D eigenvalue weighted by molar-refractivity contribution is 6.16. The number of anilines is 1. The van der Waals surface area contributed by atoms with Crippen molar-refractivity contribution in [3.63, 3.8) is 0 Å². The monoisotopic (exact) mass is 411 g/mol. The first-order valence-corrected chi connectivity index (χ1v) is 10.3. The summed E-state index contributed by atoms with van der Waals surface area (Å²) < 4.78 is 0. The number of aromatic amines is 1. The van der Waals surface area contributed by atoms with Crippen molar-refractivity contribution in [2.45, 2.75) is 51.5 Å². The second-order valence-corrected chi connectivity index (χ2v) is 7.83. The van der Waals surface area contributed by atoms with Gasteiger partial charge in [0.05, 0.1) is 11.8 Å². The Balaban J connectivity index is 1.67. The first-order valence-electron chi connectivity index (χ1n) is 10.3. The number of nitrogens with zero attached hydrogens (tertiary/aromatic N) is 1. The second-order valence-electron chi connectivity index (χ2n) is 7.83. The molecule has 0 radical (unpaired) electrons. The fraction of sp³-hybridized carbons (Fsp3) is 0.429. The van der Waals surface area contributed by atoms with Crippen LogP contribution in [0.1, 0.15) is 60.6 Å². The summed E-state index contributed by atoms with van der Waals surface area (Å²) in [6.45, 7) is 2.00. The fourth-order valence-corrected chi connectivity index (χ4v) is 4.52. The standard InChI is InChI=1S/C21H25N5O4/c1-2-15-14-10-22-26-19(27)13-8-12(9-16(24-15)17(13)14)23-20(28)18(25-21(29)30)11-6-4-3-5-7-11/h8-11,18,24-25H,2-7H2,1H3,(H,23,28)(H,26,27)(H,29,30)/t18-/m1/s1. The molecule has 3 amide bonds. The van der Waals surface area contributed by atoms with Crippen LogP contribution in [-0.2, 0) is 11.2 Å². The molecule has 0 bridgehead atoms. The molecule has 5 N–H and O–H groups in total. The zero-order chi connectivity index (χ0) is 21.3. The van der Waals surface area contributed by atoms with Gasteiger partial charge in [-0.15, -0.1) is 0 Å². The topological polar surface area (TPSA) is 136 Å². The molecule has 0 unspecified atom stereocenters. The minimum atomic E-state index is -1.22. The van der Waals surface area contributed by atoms with Crippen LogP contribution in [0.3, 0.4) is 0 Å². The van der Waals surface area contributed by atoms with Crippen molar-refractivity contribution in [3.05, 3.63) is 29.0 Å². The molecule has 1 atom stereocenters. The van der Waals surface area contributed by atoms with Crippen LogP contribution in [0.2, 0.25) is 0 Å². The molecule has 4 rings (SSSR count). The maximum atomic E-state index is 13.0. The fourth-order valence-electron chi connectivity index (χ4n) is 4.52. The third-order valence-electron chi connectivity index (χ3n) is 5.93. The van der Waals surface area contributed by atoms with E-state index in [1.54, 1.807) is 18.3 Å². The van der Waals surface area contributed by atoms with E-state index >= 15 is 0 Å². The summed E-state index contributed by atoms with van der Waals surface area (Å²) in [6, 6.07) is 2.55. The lowest BCUT2D eigenvalue weighted by Crippen LogP contribution is -2.48. The Morgan fingerprint density at radius 3 is 2.73 bits per heavy atom. The van der Waals surface area contributed by atoms with E-state index in [1.165, 1.54) is 0 Å². The zero-order valence-electron chi connectivity index (χ0n) is 16.7. The molecular weight excluding hydrogens is 386 g/mol. The van der Waals surface area contributed by atoms with Gasteiger partial charge in [-0.3, -0.25) is 9.59 Å². The molecular formula is C21H25N5O4. The van der Waals surface area contributed by atoms with Crippen LogP contribution < -0.4 is 16.1 Å². The van der Waals surface area contributed by atoms with E-state index in [9.17, 15) is 19.5 Å². The van der Waals surface area contributed by atoms with Crippen LogP contribution in [0.4, 0.5) is 10.5 Å². The largest absolute Gasteiger partial charge is 0.465 e. The molecule has 1 aromatic heterocycles. The molecule has 30 heavy (non-hydrogen) atoms. The first-order chi connectivity index (χ1) is 14.5. The van der Waals surface area contributed by atoms with E-state index in [0.717, 1.165) is 60.7 Å². The Morgan fingerprint density at radius 1 is 1.27 bits per heavy atom. The van der Waals surface area contributed by atoms with Gasteiger partial charge >= 0.3 is 6.09 Å². The number of hydrogen-bond acceptors (Lipinski definition) is 4. The van der Waals surface area contributed by atoms with Crippen molar-refractivity contribution >= 4 is 40.7 Å². The van der Waals surface area contributed by atoms with Crippen molar-refractivity contribution in [3.8, 4) is 0 Å². The lowest BCUT2D eigenvalue weighted by molar-refractivity contribution is -0.119. The van der Waals surface area contributed by atoms with Gasteiger partial charge in [0.25, 0.3) is 5.91 Å². The lowest BCUT2D eigenvalue weighted by atomic mass is 9.83. The highest BCUT2D eigenvalue weighted by atomic mass is 16.4. The molecule has 1 fully saturated rings. The second kappa shape index (κ2) is 8.17. The van der Waals surface area contributed by atoms with Crippen LogP contribution in [0.5, 0.6) is 0 Å². The predicted octanol–water partition coefficient (Wildman–Crippen LogP) is 2.96. The summed E-state index contributed by atoms with van der Waals surface area (Å²) in [5.41, 5.74) is 5.85. The molecule has 1 aliphatic heterocycles. The molecule has 158 valence electrons. The van der Waals surface area contributed by atoms with Gasteiger partial charge in [-0.1, -0.05) is 26.2 Å². The minimum absolute atomic E-state index is 0.0411. The number of hydrazone groups is 1. The van der Waals surface area contributed by atoms with Gasteiger partial charge in [0.2, 0.25) is 5.91 Å². The summed E-state index contributed by atoms with van der Waals surface area (Å²) in [7, 11) is 0. The number of amides is 3. The highest BCUT2D eigenvalue weighted by Crippen LogP contribution is 2.31. The van der Waals surface area contributed by atoms with Gasteiger partial charge in [-0.05, 0) is 37.3 Å². The van der Waals surface area contributed by atoms with E-state index in [1.807, 2.05) is 6.92 Å². The molecule has 0 spiro atoms. The van der Waals surface area contributed by atoms with Crippen LogP contribution in [0, 0.1) is 5.92 Å². The third-order valence-corrected chi connectivity index (χ3v) is 5.93. The summed E-state index contributed by atoms with van der Waals surface area (Å²) in [6.07, 6.45) is 5.82. The summed E-state index contributed by atoms with van der Waals surface area (Å²) >= 11 is 0. The van der Waals surface area contributed by atoms with E-state index in [0.29, 0.717) is 11.3 Å². The molecule has 0 saturated heterocycles.